The summed E-state index contributed by atoms with van der Waals surface area (Å²) in [5, 5.41) is 22.5. The number of hydrogen-bond acceptors (Lipinski definition) is 6. The van der Waals surface area contributed by atoms with Crippen LogP contribution < -0.4 is 5.32 Å². The third-order valence-electron chi connectivity index (χ3n) is 3.00. The maximum absolute atomic E-state index is 10.9. The maximum atomic E-state index is 10.9. The van der Waals surface area contributed by atoms with Crippen molar-refractivity contribution in [2.45, 2.75) is 19.3 Å². The molecule has 7 heteroatoms. The number of nitriles is 1. The lowest BCUT2D eigenvalue weighted by molar-refractivity contribution is -0.384. The fourth-order valence-electron chi connectivity index (χ4n) is 1.71. The molecule has 1 aromatic rings. The number of pyridine rings is 1. The number of aromatic nitrogens is 1. The molecule has 7 nitrogen and oxygen atoms in total. The number of rotatable bonds is 8. The Morgan fingerprint density at radius 1 is 1.60 bits per heavy atom. The van der Waals surface area contributed by atoms with Crippen LogP contribution in [0.25, 0.3) is 0 Å². The Morgan fingerprint density at radius 3 is 3.05 bits per heavy atom. The van der Waals surface area contributed by atoms with E-state index in [0.29, 0.717) is 13.2 Å². The van der Waals surface area contributed by atoms with E-state index in [0.717, 1.165) is 18.9 Å². The minimum absolute atomic E-state index is 0.176. The fourth-order valence-corrected chi connectivity index (χ4v) is 1.71. The average molecular weight is 276 g/mol. The van der Waals surface area contributed by atoms with Gasteiger partial charge in [-0.1, -0.05) is 0 Å². The van der Waals surface area contributed by atoms with Gasteiger partial charge in [0.05, 0.1) is 10.5 Å². The molecule has 0 radical (unpaired) electrons. The Hall–Kier alpha value is -2.20. The molecular formula is C13H16N4O3. The highest BCUT2D eigenvalue weighted by molar-refractivity contribution is 5.58. The Labute approximate surface area is 116 Å². The van der Waals surface area contributed by atoms with E-state index >= 15 is 0 Å². The van der Waals surface area contributed by atoms with Gasteiger partial charge in [0.2, 0.25) is 5.82 Å². The van der Waals surface area contributed by atoms with Crippen LogP contribution in [-0.2, 0) is 4.74 Å². The van der Waals surface area contributed by atoms with Crippen molar-refractivity contribution in [3.63, 3.8) is 0 Å². The number of hydrogen-bond donors (Lipinski definition) is 1. The molecule has 2 rings (SSSR count). The zero-order chi connectivity index (χ0) is 14.4. The minimum atomic E-state index is -0.542. The second kappa shape index (κ2) is 6.82. The van der Waals surface area contributed by atoms with E-state index in [1.807, 2.05) is 6.07 Å². The first-order valence-electron chi connectivity index (χ1n) is 6.57. The van der Waals surface area contributed by atoms with E-state index in [1.165, 1.54) is 25.1 Å². The third kappa shape index (κ3) is 4.17. The number of anilines is 1. The van der Waals surface area contributed by atoms with Crippen molar-refractivity contribution in [3.05, 3.63) is 27.9 Å². The average Bonchev–Trinajstić information content (AvgIpc) is 3.26. The van der Waals surface area contributed by atoms with Crippen LogP contribution in [-0.4, -0.2) is 29.7 Å². The molecule has 1 heterocycles. The molecule has 0 saturated heterocycles. The van der Waals surface area contributed by atoms with Gasteiger partial charge in [0, 0.05) is 32.0 Å². The predicted octanol–water partition coefficient (Wildman–Crippen LogP) is 2.09. The zero-order valence-corrected chi connectivity index (χ0v) is 11.0. The lowest BCUT2D eigenvalue weighted by atomic mass is 10.2. The first-order valence-corrected chi connectivity index (χ1v) is 6.57. The molecule has 0 aliphatic heterocycles. The molecule has 1 saturated carbocycles. The molecule has 0 spiro atoms. The molecule has 0 amide bonds. The van der Waals surface area contributed by atoms with Crippen LogP contribution in [0.15, 0.2) is 12.3 Å². The number of nitrogens with one attached hydrogen (secondary N) is 1. The summed E-state index contributed by atoms with van der Waals surface area (Å²) < 4.78 is 5.47. The van der Waals surface area contributed by atoms with Gasteiger partial charge in [-0.15, -0.1) is 0 Å². The largest absolute Gasteiger partial charge is 0.381 e. The lowest BCUT2D eigenvalue weighted by Gasteiger charge is -2.06. The van der Waals surface area contributed by atoms with Crippen molar-refractivity contribution >= 4 is 11.5 Å². The van der Waals surface area contributed by atoms with Gasteiger partial charge in [-0.3, -0.25) is 10.1 Å². The molecule has 0 aromatic carbocycles. The van der Waals surface area contributed by atoms with Crippen LogP contribution in [0.2, 0.25) is 0 Å². The van der Waals surface area contributed by atoms with Gasteiger partial charge < -0.3 is 10.1 Å². The summed E-state index contributed by atoms with van der Waals surface area (Å²) in [5.74, 6) is 0.931. The molecule has 1 N–H and O–H groups in total. The van der Waals surface area contributed by atoms with Crippen molar-refractivity contribution < 1.29 is 9.66 Å². The summed E-state index contributed by atoms with van der Waals surface area (Å²) in [7, 11) is 0. The SMILES string of the molecule is N#Cc1cnc(NCCCOCC2CC2)c([N+](=O)[O-])c1. The number of nitrogens with zero attached hydrogens (tertiary/aromatic N) is 3. The molecule has 0 bridgehead atoms. The summed E-state index contributed by atoms with van der Waals surface area (Å²) in [6, 6.07) is 3.06. The molecule has 1 fully saturated rings. The Bertz CT molecular complexity index is 523. The molecule has 106 valence electrons. The topological polar surface area (TPSA) is 101 Å². The van der Waals surface area contributed by atoms with Crippen LogP contribution >= 0.6 is 0 Å². The summed E-state index contributed by atoms with van der Waals surface area (Å²) in [6.45, 7) is 1.99. The molecule has 1 aliphatic carbocycles. The van der Waals surface area contributed by atoms with Crippen LogP contribution in [0.1, 0.15) is 24.8 Å². The second-order valence-corrected chi connectivity index (χ2v) is 4.76. The fraction of sp³-hybridized carbons (Fsp3) is 0.538. The molecular weight excluding hydrogens is 260 g/mol. The zero-order valence-electron chi connectivity index (χ0n) is 11.0. The quantitative estimate of drug-likeness (QED) is 0.443. The Morgan fingerprint density at radius 2 is 2.40 bits per heavy atom. The van der Waals surface area contributed by atoms with Gasteiger partial charge >= 0.3 is 5.69 Å². The van der Waals surface area contributed by atoms with Crippen molar-refractivity contribution in [3.8, 4) is 6.07 Å². The highest BCUT2D eigenvalue weighted by Gasteiger charge is 2.21. The van der Waals surface area contributed by atoms with Crippen molar-refractivity contribution in [2.75, 3.05) is 25.1 Å². The summed E-state index contributed by atoms with van der Waals surface area (Å²) >= 11 is 0. The van der Waals surface area contributed by atoms with E-state index in [4.69, 9.17) is 10.00 Å². The van der Waals surface area contributed by atoms with Crippen LogP contribution in [0.3, 0.4) is 0 Å². The van der Waals surface area contributed by atoms with E-state index in [-0.39, 0.29) is 17.1 Å². The van der Waals surface area contributed by atoms with Gasteiger partial charge in [-0.25, -0.2) is 4.98 Å². The molecule has 1 aliphatic rings. The lowest BCUT2D eigenvalue weighted by Crippen LogP contribution is -2.09. The molecule has 0 unspecified atom stereocenters. The maximum Gasteiger partial charge on any atom is 0.312 e. The van der Waals surface area contributed by atoms with Crippen LogP contribution in [0.5, 0.6) is 0 Å². The summed E-state index contributed by atoms with van der Waals surface area (Å²) in [6.07, 6.45) is 4.60. The molecule has 20 heavy (non-hydrogen) atoms. The molecule has 1 aromatic heterocycles. The highest BCUT2D eigenvalue weighted by Crippen LogP contribution is 2.28. The van der Waals surface area contributed by atoms with Crippen LogP contribution in [0, 0.1) is 27.4 Å². The highest BCUT2D eigenvalue weighted by atomic mass is 16.6. The summed E-state index contributed by atoms with van der Waals surface area (Å²) in [5.41, 5.74) is -0.00188. The van der Waals surface area contributed by atoms with Crippen molar-refractivity contribution in [2.24, 2.45) is 5.92 Å². The van der Waals surface area contributed by atoms with E-state index in [1.54, 1.807) is 0 Å². The van der Waals surface area contributed by atoms with E-state index in [2.05, 4.69) is 10.3 Å². The number of nitro groups is 1. The van der Waals surface area contributed by atoms with Crippen molar-refractivity contribution in [1.82, 2.24) is 4.98 Å². The third-order valence-corrected chi connectivity index (χ3v) is 3.00. The number of ether oxygens (including phenoxy) is 1. The first-order chi connectivity index (χ1) is 9.70. The van der Waals surface area contributed by atoms with E-state index in [9.17, 15) is 10.1 Å². The Kier molecular flexibility index (Phi) is 4.85. The Balaban J connectivity index is 1.78. The van der Waals surface area contributed by atoms with Gasteiger partial charge in [0.25, 0.3) is 0 Å². The summed E-state index contributed by atoms with van der Waals surface area (Å²) in [4.78, 5) is 14.3. The first kappa shape index (κ1) is 14.2. The predicted molar refractivity (Wildman–Crippen MR) is 72.3 cm³/mol. The minimum Gasteiger partial charge on any atom is -0.381 e. The van der Waals surface area contributed by atoms with Crippen LogP contribution in [0.4, 0.5) is 11.5 Å². The van der Waals surface area contributed by atoms with Gasteiger partial charge in [-0.05, 0) is 25.2 Å². The molecule has 0 atom stereocenters. The second-order valence-electron chi connectivity index (χ2n) is 4.76. The van der Waals surface area contributed by atoms with Gasteiger partial charge in [-0.2, -0.15) is 5.26 Å². The van der Waals surface area contributed by atoms with Gasteiger partial charge in [0.1, 0.15) is 6.07 Å². The monoisotopic (exact) mass is 276 g/mol. The smallest absolute Gasteiger partial charge is 0.312 e. The van der Waals surface area contributed by atoms with Crippen molar-refractivity contribution in [1.29, 1.82) is 5.26 Å². The van der Waals surface area contributed by atoms with Gasteiger partial charge in [0.15, 0.2) is 0 Å². The van der Waals surface area contributed by atoms with E-state index < -0.39 is 4.92 Å². The normalized spacial score (nSPS) is 13.8. The standard InChI is InChI=1S/C13H16N4O3/c14-7-11-6-12(17(18)19)13(16-8-11)15-4-1-5-20-9-10-2-3-10/h6,8,10H,1-5,9H2,(H,15,16).